The molecule has 4 aliphatic rings. The normalized spacial score (nSPS) is 24.4. The van der Waals surface area contributed by atoms with Gasteiger partial charge in [0.15, 0.2) is 5.78 Å². The molecule has 0 aromatic heterocycles. The molecular formula is C33H38O7. The van der Waals surface area contributed by atoms with Crippen molar-refractivity contribution in [2.24, 2.45) is 23.2 Å². The second kappa shape index (κ2) is 12.4. The van der Waals surface area contributed by atoms with E-state index in [-0.39, 0.29) is 28.6 Å². The Morgan fingerprint density at radius 2 is 1.38 bits per heavy atom. The number of carbonyl (C=O) groups is 4. The second-order valence-electron chi connectivity index (χ2n) is 12.0. The third-order valence-corrected chi connectivity index (χ3v) is 8.91. The standard InChI is InChI=1S/C33H38O7/c1-2-3-4-5-9-12-28(34)26-13-14-29(27(18-26)31(36)40-39-30(35)25-10-7-6-8-11-25)38-32(37)33-19-22-15-23(20-33)17-24(16-22)21-33/h6-8,10-11,13-14,18,22-24H,2-5,9,12,15-17,19-21H2,1H3. The summed E-state index contributed by atoms with van der Waals surface area (Å²) in [4.78, 5) is 61.7. The van der Waals surface area contributed by atoms with Gasteiger partial charge in [-0.15, -0.1) is 0 Å². The van der Waals surface area contributed by atoms with E-state index in [2.05, 4.69) is 6.92 Å². The van der Waals surface area contributed by atoms with E-state index in [1.807, 2.05) is 0 Å². The molecule has 4 aliphatic carbocycles. The van der Waals surface area contributed by atoms with Crippen molar-refractivity contribution in [3.8, 4) is 5.75 Å². The summed E-state index contributed by atoms with van der Waals surface area (Å²) in [5.74, 6) is -0.590. The molecule has 0 heterocycles. The molecule has 0 N–H and O–H groups in total. The summed E-state index contributed by atoms with van der Waals surface area (Å²) in [6.07, 6.45) is 11.4. The number of Topliss-reactive ketones (excluding diaryl/α,β-unsaturated/α-hetero) is 1. The van der Waals surface area contributed by atoms with Crippen LogP contribution in [0.1, 0.15) is 115 Å². The molecule has 2 aromatic carbocycles. The molecule has 4 saturated carbocycles. The summed E-state index contributed by atoms with van der Waals surface area (Å²) in [5.41, 5.74) is -0.0964. The van der Waals surface area contributed by atoms with Gasteiger partial charge in [-0.1, -0.05) is 50.8 Å². The Hall–Kier alpha value is -3.48. The second-order valence-corrected chi connectivity index (χ2v) is 12.0. The van der Waals surface area contributed by atoms with Crippen molar-refractivity contribution in [3.63, 3.8) is 0 Å². The number of ether oxygens (including phenoxy) is 1. The van der Waals surface area contributed by atoms with Crippen LogP contribution in [-0.4, -0.2) is 23.7 Å². The Balaban J connectivity index is 1.32. The molecule has 0 aliphatic heterocycles. The largest absolute Gasteiger partial charge is 0.425 e. The SMILES string of the molecule is CCCCCCCC(=O)c1ccc(OC(=O)C23CC4CC(CC(C4)C2)C3)c(C(=O)OOC(=O)c2ccccc2)c1. The molecule has 0 atom stereocenters. The van der Waals surface area contributed by atoms with Crippen LogP contribution in [0.2, 0.25) is 0 Å². The maximum atomic E-state index is 13.6. The molecule has 0 saturated heterocycles. The van der Waals surface area contributed by atoms with E-state index in [9.17, 15) is 19.2 Å². The Morgan fingerprint density at radius 1 is 0.750 bits per heavy atom. The summed E-state index contributed by atoms with van der Waals surface area (Å²) >= 11 is 0. The summed E-state index contributed by atoms with van der Waals surface area (Å²) < 4.78 is 5.91. The van der Waals surface area contributed by atoms with E-state index in [0.717, 1.165) is 51.4 Å². The molecule has 4 fully saturated rings. The monoisotopic (exact) mass is 546 g/mol. The molecule has 4 bridgehead atoms. The Kier molecular flexibility index (Phi) is 8.67. The van der Waals surface area contributed by atoms with Crippen molar-refractivity contribution in [3.05, 3.63) is 65.2 Å². The molecule has 0 spiro atoms. The van der Waals surface area contributed by atoms with Crippen LogP contribution in [-0.2, 0) is 14.6 Å². The Labute approximate surface area is 235 Å². The molecule has 40 heavy (non-hydrogen) atoms. The first-order valence-electron chi connectivity index (χ1n) is 14.7. The van der Waals surface area contributed by atoms with Crippen LogP contribution in [0.15, 0.2) is 48.5 Å². The first-order chi connectivity index (χ1) is 19.4. The predicted octanol–water partition coefficient (Wildman–Crippen LogP) is 7.28. The molecule has 0 amide bonds. The average Bonchev–Trinajstić information content (AvgIpc) is 2.95. The highest BCUT2D eigenvalue weighted by atomic mass is 17.2. The molecule has 0 radical (unpaired) electrons. The van der Waals surface area contributed by atoms with E-state index in [4.69, 9.17) is 14.5 Å². The summed E-state index contributed by atoms with van der Waals surface area (Å²) in [6.45, 7) is 2.14. The van der Waals surface area contributed by atoms with E-state index in [0.29, 0.717) is 29.7 Å². The van der Waals surface area contributed by atoms with Gasteiger partial charge < -0.3 is 4.74 Å². The van der Waals surface area contributed by atoms with Crippen molar-refractivity contribution in [1.82, 2.24) is 0 Å². The van der Waals surface area contributed by atoms with Gasteiger partial charge >= 0.3 is 17.9 Å². The van der Waals surface area contributed by atoms with Gasteiger partial charge in [0.2, 0.25) is 0 Å². The smallest absolute Gasteiger partial charge is 0.390 e. The van der Waals surface area contributed by atoms with Crippen LogP contribution < -0.4 is 4.74 Å². The quantitative estimate of drug-likeness (QED) is 0.0730. The minimum atomic E-state index is -1.00. The van der Waals surface area contributed by atoms with Crippen LogP contribution in [0.5, 0.6) is 5.75 Å². The minimum Gasteiger partial charge on any atom is -0.425 e. The fraction of sp³-hybridized carbons (Fsp3) is 0.515. The van der Waals surface area contributed by atoms with Gasteiger partial charge in [-0.2, -0.15) is 0 Å². The first-order valence-corrected chi connectivity index (χ1v) is 14.7. The van der Waals surface area contributed by atoms with Gasteiger partial charge in [-0.25, -0.2) is 19.4 Å². The molecule has 2 aromatic rings. The molecule has 7 heteroatoms. The average molecular weight is 547 g/mol. The van der Waals surface area contributed by atoms with Crippen molar-refractivity contribution >= 4 is 23.7 Å². The lowest BCUT2D eigenvalue weighted by molar-refractivity contribution is -0.187. The summed E-state index contributed by atoms with van der Waals surface area (Å²) in [6, 6.07) is 12.6. The van der Waals surface area contributed by atoms with Gasteiger partial charge in [0, 0.05) is 12.0 Å². The van der Waals surface area contributed by atoms with Crippen molar-refractivity contribution in [2.45, 2.75) is 84.0 Å². The van der Waals surface area contributed by atoms with Gasteiger partial charge in [0.05, 0.1) is 11.0 Å². The van der Waals surface area contributed by atoms with E-state index in [1.54, 1.807) is 24.3 Å². The number of hydrogen-bond donors (Lipinski definition) is 0. The van der Waals surface area contributed by atoms with Crippen molar-refractivity contribution < 1.29 is 33.7 Å². The molecule has 0 unspecified atom stereocenters. The Morgan fingerprint density at radius 3 is 2.02 bits per heavy atom. The Bertz CT molecular complexity index is 1210. The number of hydrogen-bond acceptors (Lipinski definition) is 7. The lowest BCUT2D eigenvalue weighted by atomic mass is 9.49. The van der Waals surface area contributed by atoms with Crippen molar-refractivity contribution in [1.29, 1.82) is 0 Å². The number of carbonyl (C=O) groups excluding carboxylic acids is 4. The lowest BCUT2D eigenvalue weighted by Gasteiger charge is -2.55. The number of esters is 1. The van der Waals surface area contributed by atoms with Crippen molar-refractivity contribution in [2.75, 3.05) is 0 Å². The molecule has 212 valence electrons. The molecular weight excluding hydrogens is 508 g/mol. The highest BCUT2D eigenvalue weighted by Gasteiger charge is 2.55. The first kappa shape index (κ1) is 28.1. The van der Waals surface area contributed by atoms with Crippen LogP contribution >= 0.6 is 0 Å². The third-order valence-electron chi connectivity index (χ3n) is 8.91. The van der Waals surface area contributed by atoms with E-state index in [1.165, 1.54) is 43.5 Å². The minimum absolute atomic E-state index is 0.0148. The lowest BCUT2D eigenvalue weighted by Crippen LogP contribution is -2.51. The van der Waals surface area contributed by atoms with Gasteiger partial charge in [0.1, 0.15) is 11.3 Å². The molecule has 7 nitrogen and oxygen atoms in total. The predicted molar refractivity (Wildman–Crippen MR) is 148 cm³/mol. The zero-order valence-corrected chi connectivity index (χ0v) is 23.2. The number of unbranched alkanes of at least 4 members (excludes halogenated alkanes) is 4. The fourth-order valence-electron chi connectivity index (χ4n) is 7.30. The van der Waals surface area contributed by atoms with Gasteiger partial charge in [0.25, 0.3) is 0 Å². The maximum Gasteiger partial charge on any atom is 0.390 e. The van der Waals surface area contributed by atoms with Gasteiger partial charge in [-0.3, -0.25) is 9.59 Å². The van der Waals surface area contributed by atoms with Gasteiger partial charge in [-0.05, 0) is 93.0 Å². The van der Waals surface area contributed by atoms with E-state index < -0.39 is 17.4 Å². The van der Waals surface area contributed by atoms with Crippen LogP contribution in [0.4, 0.5) is 0 Å². The van der Waals surface area contributed by atoms with Crippen LogP contribution in [0.25, 0.3) is 0 Å². The summed E-state index contributed by atoms with van der Waals surface area (Å²) in [7, 11) is 0. The fourth-order valence-corrected chi connectivity index (χ4v) is 7.30. The number of ketones is 1. The summed E-state index contributed by atoms with van der Waals surface area (Å²) in [5, 5.41) is 0. The van der Waals surface area contributed by atoms with Crippen LogP contribution in [0.3, 0.4) is 0 Å². The highest BCUT2D eigenvalue weighted by molar-refractivity contribution is 6.01. The maximum absolute atomic E-state index is 13.6. The molecule has 6 rings (SSSR count). The number of benzene rings is 2. The highest BCUT2D eigenvalue weighted by Crippen LogP contribution is 2.60. The number of rotatable bonds is 11. The van der Waals surface area contributed by atoms with Crippen LogP contribution in [0, 0.1) is 23.2 Å². The zero-order chi connectivity index (χ0) is 28.1. The third kappa shape index (κ3) is 6.29. The van der Waals surface area contributed by atoms with E-state index >= 15 is 0 Å². The topological polar surface area (TPSA) is 96.0 Å². The zero-order valence-electron chi connectivity index (χ0n) is 23.2.